The van der Waals surface area contributed by atoms with Crippen LogP contribution in [-0.4, -0.2) is 28.2 Å². The molecule has 1 aliphatic heterocycles. The Balaban J connectivity index is 1.69. The number of hydrogen-bond donors (Lipinski definition) is 4. The maximum atomic E-state index is 13.4. The highest BCUT2D eigenvalue weighted by molar-refractivity contribution is 14.1. The summed E-state index contributed by atoms with van der Waals surface area (Å²) in [6.07, 6.45) is 1.10. The molecule has 154 valence electrons. The van der Waals surface area contributed by atoms with E-state index in [4.69, 9.17) is 4.74 Å². The van der Waals surface area contributed by atoms with Crippen molar-refractivity contribution in [3.05, 3.63) is 70.8 Å². The predicted octanol–water partition coefficient (Wildman–Crippen LogP) is 4.04. The van der Waals surface area contributed by atoms with Crippen molar-refractivity contribution >= 4 is 45.5 Å². The van der Waals surface area contributed by atoms with Gasteiger partial charge in [-0.3, -0.25) is 19.8 Å². The maximum Gasteiger partial charge on any atom is 0.270 e. The van der Waals surface area contributed by atoms with Crippen LogP contribution in [0.4, 0.5) is 5.82 Å². The third-order valence-corrected chi connectivity index (χ3v) is 7.58. The van der Waals surface area contributed by atoms with Crippen LogP contribution in [-0.2, 0) is 4.79 Å². The lowest BCUT2D eigenvalue weighted by molar-refractivity contribution is -0.116. The highest BCUT2D eigenvalue weighted by Gasteiger charge is 2.41. The summed E-state index contributed by atoms with van der Waals surface area (Å²) in [4.78, 5) is 27.2. The number of methoxy groups -OCH3 is 1. The molecule has 0 fully saturated rings. The van der Waals surface area contributed by atoms with E-state index in [9.17, 15) is 14.7 Å². The second kappa shape index (κ2) is 7.31. The lowest BCUT2D eigenvalue weighted by Gasteiger charge is -2.34. The first-order chi connectivity index (χ1) is 14.5. The van der Waals surface area contributed by atoms with E-state index in [-0.39, 0.29) is 23.0 Å². The number of benzene rings is 1. The third-order valence-electron chi connectivity index (χ3n) is 5.73. The highest BCUT2D eigenvalue weighted by atomic mass is 127. The number of rotatable bonds is 3. The maximum absolute atomic E-state index is 13.4. The number of carbonyl (C=O) groups excluding carboxylic acids is 1. The van der Waals surface area contributed by atoms with Crippen molar-refractivity contribution in [2.24, 2.45) is 0 Å². The first-order valence-corrected chi connectivity index (χ1v) is 11.4. The molecule has 2 aliphatic rings. The molecule has 0 radical (unpaired) electrons. The smallest absolute Gasteiger partial charge is 0.270 e. The van der Waals surface area contributed by atoms with Gasteiger partial charge in [0.05, 0.1) is 16.2 Å². The fourth-order valence-corrected chi connectivity index (χ4v) is 5.85. The zero-order valence-electron chi connectivity index (χ0n) is 15.9. The van der Waals surface area contributed by atoms with E-state index < -0.39 is 5.92 Å². The van der Waals surface area contributed by atoms with E-state index in [0.717, 1.165) is 11.3 Å². The number of phenols is 1. The zero-order chi connectivity index (χ0) is 21.0. The molecule has 30 heavy (non-hydrogen) atoms. The molecule has 7 nitrogen and oxygen atoms in total. The Hall–Kier alpha value is -2.53. The number of nitrogens with one attached hydrogen (secondary N) is 3. The molecule has 0 spiro atoms. The summed E-state index contributed by atoms with van der Waals surface area (Å²) in [7, 11) is 1.48. The van der Waals surface area contributed by atoms with Gasteiger partial charge in [-0.25, -0.2) is 0 Å². The number of phenolic OH excluding ortho intramolecular Hbond substituents is 1. The number of carbonyl (C=O) groups is 1. The number of aromatic amines is 2. The minimum absolute atomic E-state index is 0.0282. The number of thiophene rings is 1. The molecular weight excluding hydrogens is 517 g/mol. The molecule has 1 aromatic carbocycles. The Kier molecular flexibility index (Phi) is 4.73. The van der Waals surface area contributed by atoms with E-state index in [0.29, 0.717) is 39.1 Å². The molecule has 4 N–H and O–H groups in total. The molecule has 3 aromatic rings. The monoisotopic (exact) mass is 535 g/mol. The van der Waals surface area contributed by atoms with Crippen molar-refractivity contribution in [1.82, 2.24) is 10.2 Å². The minimum Gasteiger partial charge on any atom is -0.504 e. The number of ether oxygens (including phenoxy) is 1. The standard InChI is InChI=1S/C21H18IN3O4S/c1-29-14-8-10(5-11(22)19(14)27)16-17-12(23-20-18(16)21(28)25-24-20)6-9(7-13(17)26)15-3-2-4-30-15/h2-5,8-9,16,27H,6-7H2,1H3,(H3,23,24,25,28)/t9-,16-/m1/s1. The van der Waals surface area contributed by atoms with Gasteiger partial charge in [0.1, 0.15) is 5.82 Å². The summed E-state index contributed by atoms with van der Waals surface area (Å²) in [5, 5.41) is 21.1. The van der Waals surface area contributed by atoms with Crippen LogP contribution < -0.4 is 15.6 Å². The summed E-state index contributed by atoms with van der Waals surface area (Å²) < 4.78 is 5.92. The van der Waals surface area contributed by atoms with E-state index in [1.165, 1.54) is 12.0 Å². The van der Waals surface area contributed by atoms with Gasteiger partial charge >= 0.3 is 0 Å². The molecule has 1 aliphatic carbocycles. The van der Waals surface area contributed by atoms with Gasteiger partial charge in [0.25, 0.3) is 5.56 Å². The van der Waals surface area contributed by atoms with Crippen molar-refractivity contribution in [1.29, 1.82) is 0 Å². The molecule has 0 amide bonds. The van der Waals surface area contributed by atoms with Gasteiger partial charge in [-0.05, 0) is 58.2 Å². The lowest BCUT2D eigenvalue weighted by atomic mass is 9.74. The number of allylic oxidation sites excluding steroid dienone is 2. The van der Waals surface area contributed by atoms with Crippen LogP contribution in [0.25, 0.3) is 0 Å². The summed E-state index contributed by atoms with van der Waals surface area (Å²) in [6.45, 7) is 0. The van der Waals surface area contributed by atoms with Crippen molar-refractivity contribution in [2.45, 2.75) is 24.7 Å². The van der Waals surface area contributed by atoms with Crippen LogP contribution in [0.2, 0.25) is 0 Å². The van der Waals surface area contributed by atoms with Gasteiger partial charge in [0, 0.05) is 34.4 Å². The van der Waals surface area contributed by atoms with Crippen LogP contribution in [0.1, 0.15) is 40.7 Å². The van der Waals surface area contributed by atoms with Crippen LogP contribution >= 0.6 is 33.9 Å². The zero-order valence-corrected chi connectivity index (χ0v) is 18.9. The van der Waals surface area contributed by atoms with Gasteiger partial charge in [-0.1, -0.05) is 6.07 Å². The molecule has 0 saturated heterocycles. The molecule has 2 aromatic heterocycles. The van der Waals surface area contributed by atoms with Crippen molar-refractivity contribution < 1.29 is 14.6 Å². The molecule has 3 heterocycles. The van der Waals surface area contributed by atoms with Crippen molar-refractivity contribution in [3.8, 4) is 11.5 Å². The topological polar surface area (TPSA) is 107 Å². The molecule has 0 saturated carbocycles. The molecule has 0 unspecified atom stereocenters. The number of fused-ring (bicyclic) bond motifs is 1. The predicted molar refractivity (Wildman–Crippen MR) is 123 cm³/mol. The van der Waals surface area contributed by atoms with Crippen LogP contribution in [0, 0.1) is 3.57 Å². The second-order valence-corrected chi connectivity index (χ2v) is 9.56. The van der Waals surface area contributed by atoms with Gasteiger partial charge in [-0.15, -0.1) is 11.3 Å². The van der Waals surface area contributed by atoms with E-state index in [1.54, 1.807) is 23.5 Å². The minimum atomic E-state index is -0.536. The second-order valence-electron chi connectivity index (χ2n) is 7.42. The molecular formula is C21H18IN3O4S. The third kappa shape index (κ3) is 2.99. The van der Waals surface area contributed by atoms with Gasteiger partial charge < -0.3 is 15.2 Å². The Morgan fingerprint density at radius 3 is 2.80 bits per heavy atom. The number of aromatic hydroxyl groups is 1. The van der Waals surface area contributed by atoms with Gasteiger partial charge in [-0.2, -0.15) is 0 Å². The fourth-order valence-electron chi connectivity index (χ4n) is 4.39. The summed E-state index contributed by atoms with van der Waals surface area (Å²) in [5.41, 5.74) is 2.38. The van der Waals surface area contributed by atoms with Crippen LogP contribution in [0.3, 0.4) is 0 Å². The number of ketones is 1. The average molecular weight is 535 g/mol. The summed E-state index contributed by atoms with van der Waals surface area (Å²) >= 11 is 3.68. The Morgan fingerprint density at radius 2 is 2.07 bits per heavy atom. The van der Waals surface area contributed by atoms with Gasteiger partial charge in [0.2, 0.25) is 0 Å². The molecule has 2 atom stereocenters. The highest BCUT2D eigenvalue weighted by Crippen LogP contribution is 2.48. The Morgan fingerprint density at radius 1 is 1.23 bits per heavy atom. The number of hydrogen-bond acceptors (Lipinski definition) is 6. The molecule has 0 bridgehead atoms. The number of anilines is 1. The number of aromatic nitrogens is 2. The summed E-state index contributed by atoms with van der Waals surface area (Å²) in [5.74, 6) is 0.537. The SMILES string of the molecule is COc1cc([C@@H]2C3=C(C[C@@H](c4cccs4)CC3=O)Nc3[nH][nH]c(=O)c32)cc(I)c1O. The number of H-pyrrole nitrogens is 2. The molecule has 9 heteroatoms. The normalized spacial score (nSPS) is 20.5. The van der Waals surface area contributed by atoms with Crippen molar-refractivity contribution in [2.75, 3.05) is 12.4 Å². The Bertz CT molecular complexity index is 1240. The van der Waals surface area contributed by atoms with E-state index in [1.807, 2.05) is 34.0 Å². The van der Waals surface area contributed by atoms with Crippen LogP contribution in [0.5, 0.6) is 11.5 Å². The van der Waals surface area contributed by atoms with Gasteiger partial charge in [0.15, 0.2) is 17.3 Å². The largest absolute Gasteiger partial charge is 0.504 e. The first-order valence-electron chi connectivity index (χ1n) is 9.41. The first kappa shape index (κ1) is 19.4. The summed E-state index contributed by atoms with van der Waals surface area (Å²) in [6, 6.07) is 7.56. The lowest BCUT2D eigenvalue weighted by Crippen LogP contribution is -2.31. The molecule has 5 rings (SSSR count). The van der Waals surface area contributed by atoms with Crippen molar-refractivity contribution in [3.63, 3.8) is 0 Å². The van der Waals surface area contributed by atoms with E-state index >= 15 is 0 Å². The van der Waals surface area contributed by atoms with E-state index in [2.05, 4.69) is 21.6 Å². The number of Topliss-reactive ketones (excluding diaryl/α,β-unsaturated/α-hetero) is 1. The average Bonchev–Trinajstić information content (AvgIpc) is 3.39. The van der Waals surface area contributed by atoms with Crippen LogP contribution in [0.15, 0.2) is 45.7 Å². The quantitative estimate of drug-likeness (QED) is 0.379. The Labute approximate surface area is 189 Å². The number of halogens is 1. The fraction of sp³-hybridized carbons (Fsp3) is 0.238.